The van der Waals surface area contributed by atoms with Crippen LogP contribution >= 0.6 is 0 Å². The second-order valence-corrected chi connectivity index (χ2v) is 6.98. The van der Waals surface area contributed by atoms with Crippen molar-refractivity contribution >= 4 is 27.5 Å². The number of methoxy groups -OCH3 is 1. The lowest BCUT2D eigenvalue weighted by molar-refractivity contribution is -0.120. The molecule has 0 radical (unpaired) electrons. The minimum atomic E-state index is -3.56. The van der Waals surface area contributed by atoms with Crippen molar-refractivity contribution in [3.8, 4) is 5.75 Å². The lowest BCUT2D eigenvalue weighted by Gasteiger charge is -2.24. The quantitative estimate of drug-likeness (QED) is 0.680. The largest absolute Gasteiger partial charge is 0.496 e. The number of hydrogen-bond donors (Lipinski definition) is 3. The van der Waals surface area contributed by atoms with Crippen molar-refractivity contribution in [3.63, 3.8) is 0 Å². The van der Waals surface area contributed by atoms with Gasteiger partial charge in [0.1, 0.15) is 11.3 Å². The molecule has 0 aliphatic heterocycles. The van der Waals surface area contributed by atoms with E-state index in [9.17, 15) is 18.0 Å². The number of primary amides is 1. The maximum Gasteiger partial charge on any atom is 0.252 e. The van der Waals surface area contributed by atoms with Gasteiger partial charge in [-0.1, -0.05) is 0 Å². The van der Waals surface area contributed by atoms with E-state index in [-0.39, 0.29) is 11.3 Å². The van der Waals surface area contributed by atoms with E-state index >= 15 is 0 Å². The molecule has 0 aromatic heterocycles. The van der Waals surface area contributed by atoms with Gasteiger partial charge < -0.3 is 15.8 Å². The predicted octanol–water partition coefficient (Wildman–Crippen LogP) is 0.0604. The van der Waals surface area contributed by atoms with Crippen LogP contribution in [0.4, 0.5) is 5.69 Å². The summed E-state index contributed by atoms with van der Waals surface area (Å²) in [4.78, 5) is 23.5. The first-order valence-corrected chi connectivity index (χ1v) is 8.13. The van der Waals surface area contributed by atoms with Crippen LogP contribution in [0.25, 0.3) is 0 Å². The van der Waals surface area contributed by atoms with Crippen molar-refractivity contribution in [2.24, 2.45) is 5.73 Å². The summed E-state index contributed by atoms with van der Waals surface area (Å²) in [5, 5.41) is 2.52. The third-order valence-corrected chi connectivity index (χ3v) is 3.61. The zero-order chi connectivity index (χ0) is 17.1. The summed E-state index contributed by atoms with van der Waals surface area (Å²) < 4.78 is 29.7. The van der Waals surface area contributed by atoms with Crippen LogP contribution in [-0.2, 0) is 14.8 Å². The Morgan fingerprint density at radius 3 is 2.32 bits per heavy atom. The first kappa shape index (κ1) is 17.9. The van der Waals surface area contributed by atoms with Gasteiger partial charge in [-0.25, -0.2) is 13.1 Å². The number of carbonyl (C=O) groups is 2. The molecule has 22 heavy (non-hydrogen) atoms. The smallest absolute Gasteiger partial charge is 0.252 e. The van der Waals surface area contributed by atoms with E-state index in [1.807, 2.05) is 0 Å². The molecule has 0 fully saturated rings. The molecule has 9 heteroatoms. The predicted molar refractivity (Wildman–Crippen MR) is 82.2 cm³/mol. The summed E-state index contributed by atoms with van der Waals surface area (Å²) >= 11 is 0. The van der Waals surface area contributed by atoms with E-state index in [4.69, 9.17) is 10.5 Å². The van der Waals surface area contributed by atoms with Gasteiger partial charge in [0.05, 0.1) is 18.9 Å². The van der Waals surface area contributed by atoms with E-state index in [2.05, 4.69) is 10.0 Å². The molecule has 1 aromatic rings. The number of carbonyl (C=O) groups excluding carboxylic acids is 2. The zero-order valence-corrected chi connectivity index (χ0v) is 13.6. The van der Waals surface area contributed by atoms with Crippen molar-refractivity contribution in [2.75, 3.05) is 18.7 Å². The molecule has 0 spiro atoms. The van der Waals surface area contributed by atoms with E-state index in [1.165, 1.54) is 39.2 Å². The molecule has 1 aromatic carbocycles. The number of nitrogens with one attached hydrogen (secondary N) is 2. The van der Waals surface area contributed by atoms with Crippen LogP contribution in [0.5, 0.6) is 5.75 Å². The SMILES string of the molecule is COc1ccc(NC(=O)C(C)(C)NS(C)(=O)=O)cc1C(N)=O. The van der Waals surface area contributed by atoms with Crippen LogP contribution in [0.15, 0.2) is 18.2 Å². The van der Waals surface area contributed by atoms with E-state index < -0.39 is 27.4 Å². The molecule has 0 heterocycles. The average molecular weight is 329 g/mol. The lowest BCUT2D eigenvalue weighted by atomic mass is 10.1. The number of rotatable bonds is 6. The van der Waals surface area contributed by atoms with Crippen LogP contribution in [0.2, 0.25) is 0 Å². The maximum absolute atomic E-state index is 12.2. The van der Waals surface area contributed by atoms with Gasteiger partial charge in [0.25, 0.3) is 5.91 Å². The molecule has 8 nitrogen and oxygen atoms in total. The van der Waals surface area contributed by atoms with Gasteiger partial charge in [0.2, 0.25) is 15.9 Å². The van der Waals surface area contributed by atoms with Crippen LogP contribution in [0.3, 0.4) is 0 Å². The van der Waals surface area contributed by atoms with Crippen LogP contribution in [-0.4, -0.2) is 39.1 Å². The van der Waals surface area contributed by atoms with E-state index in [0.29, 0.717) is 5.69 Å². The molecule has 0 aliphatic carbocycles. The Kier molecular flexibility index (Phi) is 5.15. The molecule has 0 unspecified atom stereocenters. The summed E-state index contributed by atoms with van der Waals surface area (Å²) in [6.45, 7) is 2.84. The monoisotopic (exact) mass is 329 g/mol. The van der Waals surface area contributed by atoms with Crippen molar-refractivity contribution in [2.45, 2.75) is 19.4 Å². The Morgan fingerprint density at radius 2 is 1.86 bits per heavy atom. The maximum atomic E-state index is 12.2. The second kappa shape index (κ2) is 6.32. The molecular formula is C13H19N3O5S. The fraction of sp³-hybridized carbons (Fsp3) is 0.385. The van der Waals surface area contributed by atoms with Crippen molar-refractivity contribution in [1.82, 2.24) is 4.72 Å². The Morgan fingerprint density at radius 1 is 1.27 bits per heavy atom. The lowest BCUT2D eigenvalue weighted by Crippen LogP contribution is -2.51. The number of hydrogen-bond acceptors (Lipinski definition) is 5. The number of ether oxygens (including phenoxy) is 1. The third-order valence-electron chi connectivity index (χ3n) is 2.73. The van der Waals surface area contributed by atoms with Crippen molar-refractivity contribution < 1.29 is 22.7 Å². The summed E-state index contributed by atoms with van der Waals surface area (Å²) in [6, 6.07) is 4.35. The van der Waals surface area contributed by atoms with Gasteiger partial charge in [0, 0.05) is 5.69 Å². The molecule has 1 rings (SSSR count). The number of amides is 2. The van der Waals surface area contributed by atoms with Gasteiger partial charge in [-0.05, 0) is 32.0 Å². The van der Waals surface area contributed by atoms with Gasteiger partial charge in [0.15, 0.2) is 0 Å². The highest BCUT2D eigenvalue weighted by molar-refractivity contribution is 7.88. The number of sulfonamides is 1. The fourth-order valence-corrected chi connectivity index (χ4v) is 2.80. The highest BCUT2D eigenvalue weighted by Crippen LogP contribution is 2.23. The molecule has 0 atom stereocenters. The number of benzene rings is 1. The zero-order valence-electron chi connectivity index (χ0n) is 12.8. The molecule has 0 bridgehead atoms. The summed E-state index contributed by atoms with van der Waals surface area (Å²) in [6.07, 6.45) is 0.959. The molecule has 122 valence electrons. The van der Waals surface area contributed by atoms with Crippen molar-refractivity contribution in [3.05, 3.63) is 23.8 Å². The molecule has 0 saturated carbocycles. The normalized spacial score (nSPS) is 11.8. The molecule has 0 saturated heterocycles. The first-order valence-electron chi connectivity index (χ1n) is 6.24. The Labute approximate surface area is 129 Å². The Balaban J connectivity index is 3.02. The summed E-state index contributed by atoms with van der Waals surface area (Å²) in [5.41, 5.74) is 4.28. The molecular weight excluding hydrogens is 310 g/mol. The Hall–Kier alpha value is -2.13. The minimum absolute atomic E-state index is 0.106. The standard InChI is InChI=1S/C13H19N3O5S/c1-13(2,16-22(4,19)20)12(18)15-8-5-6-10(21-3)9(7-8)11(14)17/h5-7,16H,1-4H3,(H2,14,17)(H,15,18). The highest BCUT2D eigenvalue weighted by Gasteiger charge is 2.31. The fourth-order valence-electron chi connectivity index (χ4n) is 1.78. The van der Waals surface area contributed by atoms with Gasteiger partial charge in [-0.2, -0.15) is 0 Å². The molecule has 0 aliphatic rings. The minimum Gasteiger partial charge on any atom is -0.496 e. The van der Waals surface area contributed by atoms with Gasteiger partial charge >= 0.3 is 0 Å². The first-order chi connectivity index (χ1) is 9.96. The highest BCUT2D eigenvalue weighted by atomic mass is 32.2. The summed E-state index contributed by atoms with van der Waals surface area (Å²) in [5.74, 6) is -1.01. The van der Waals surface area contributed by atoms with Crippen molar-refractivity contribution in [1.29, 1.82) is 0 Å². The summed E-state index contributed by atoms with van der Waals surface area (Å²) in [7, 11) is -2.17. The van der Waals surface area contributed by atoms with Gasteiger partial charge in [-0.15, -0.1) is 0 Å². The molecule has 2 amide bonds. The Bertz CT molecular complexity index is 698. The number of anilines is 1. The second-order valence-electron chi connectivity index (χ2n) is 5.23. The molecule has 4 N–H and O–H groups in total. The average Bonchev–Trinajstić information content (AvgIpc) is 2.35. The van der Waals surface area contributed by atoms with Crippen LogP contribution < -0.4 is 20.5 Å². The van der Waals surface area contributed by atoms with Crippen LogP contribution in [0, 0.1) is 0 Å². The topological polar surface area (TPSA) is 128 Å². The van der Waals surface area contributed by atoms with Crippen LogP contribution in [0.1, 0.15) is 24.2 Å². The number of nitrogens with two attached hydrogens (primary N) is 1. The van der Waals surface area contributed by atoms with E-state index in [0.717, 1.165) is 6.26 Å². The third kappa shape index (κ3) is 4.71. The van der Waals surface area contributed by atoms with Gasteiger partial charge in [-0.3, -0.25) is 9.59 Å². The van der Waals surface area contributed by atoms with E-state index in [1.54, 1.807) is 0 Å².